The van der Waals surface area contributed by atoms with Crippen molar-refractivity contribution in [1.82, 2.24) is 9.55 Å². The zero-order chi connectivity index (χ0) is 19.0. The van der Waals surface area contributed by atoms with Crippen molar-refractivity contribution in [3.8, 4) is 0 Å². The molecule has 4 rings (SSSR count). The van der Waals surface area contributed by atoms with Crippen molar-refractivity contribution in [3.63, 3.8) is 0 Å². The smallest absolute Gasteiger partial charge is 0.150 e. The lowest BCUT2D eigenvalue weighted by molar-refractivity contribution is 0.156. The number of para-hydroxylation sites is 2. The van der Waals surface area contributed by atoms with Gasteiger partial charge in [0.05, 0.1) is 35.2 Å². The minimum atomic E-state index is -2.96. The van der Waals surface area contributed by atoms with Crippen molar-refractivity contribution in [2.75, 3.05) is 11.5 Å². The Morgan fingerprint density at radius 3 is 2.78 bits per heavy atom. The summed E-state index contributed by atoms with van der Waals surface area (Å²) in [6.07, 6.45) is 0.297. The van der Waals surface area contributed by atoms with Gasteiger partial charge < -0.3 is 9.67 Å². The van der Waals surface area contributed by atoms with Crippen LogP contribution in [-0.4, -0.2) is 34.6 Å². The Kier molecular flexibility index (Phi) is 4.74. The monoisotopic (exact) mass is 388 g/mol. The van der Waals surface area contributed by atoms with Gasteiger partial charge in [0.2, 0.25) is 0 Å². The van der Waals surface area contributed by atoms with Gasteiger partial charge in [-0.25, -0.2) is 17.8 Å². The van der Waals surface area contributed by atoms with Crippen molar-refractivity contribution >= 4 is 20.9 Å². The van der Waals surface area contributed by atoms with E-state index < -0.39 is 21.8 Å². The molecule has 0 spiro atoms. The molecule has 2 atom stereocenters. The molecule has 1 N–H and O–H groups in total. The summed E-state index contributed by atoms with van der Waals surface area (Å²) in [7, 11) is -2.96. The number of fused-ring (bicyclic) bond motifs is 1. The van der Waals surface area contributed by atoms with Crippen LogP contribution in [0.15, 0.2) is 48.5 Å². The van der Waals surface area contributed by atoms with Crippen LogP contribution in [0, 0.1) is 11.7 Å². The molecule has 27 heavy (non-hydrogen) atoms. The highest BCUT2D eigenvalue weighted by atomic mass is 32.2. The standard InChI is InChI=1S/C20H21FN2O3S/c21-16-5-3-4-15(11-16)19(24)12-23-18-7-2-1-6-17(18)22-20(23)10-14-8-9-27(25,26)13-14/h1-7,11,14,19,24H,8-10,12-13H2/t14-,19+/m0/s1. The van der Waals surface area contributed by atoms with Crippen LogP contribution in [0.3, 0.4) is 0 Å². The molecule has 1 fully saturated rings. The quantitative estimate of drug-likeness (QED) is 0.730. The fraction of sp³-hybridized carbons (Fsp3) is 0.350. The van der Waals surface area contributed by atoms with E-state index in [0.717, 1.165) is 16.9 Å². The second-order valence-corrected chi connectivity index (χ2v) is 9.40. The first-order chi connectivity index (χ1) is 12.9. The zero-order valence-corrected chi connectivity index (χ0v) is 15.6. The summed E-state index contributed by atoms with van der Waals surface area (Å²) >= 11 is 0. The molecule has 7 heteroatoms. The van der Waals surface area contributed by atoms with Crippen LogP contribution in [0.4, 0.5) is 4.39 Å². The average molecular weight is 388 g/mol. The molecule has 1 aromatic heterocycles. The van der Waals surface area contributed by atoms with Crippen LogP contribution in [-0.2, 0) is 22.8 Å². The average Bonchev–Trinajstić information content (AvgIpc) is 3.15. The van der Waals surface area contributed by atoms with Crippen molar-refractivity contribution < 1.29 is 17.9 Å². The Balaban J connectivity index is 1.66. The molecule has 0 bridgehead atoms. The molecule has 0 aliphatic carbocycles. The molecule has 2 heterocycles. The Morgan fingerprint density at radius 1 is 1.22 bits per heavy atom. The topological polar surface area (TPSA) is 72.2 Å². The molecule has 0 unspecified atom stereocenters. The lowest BCUT2D eigenvalue weighted by Crippen LogP contribution is -2.15. The minimum Gasteiger partial charge on any atom is -0.387 e. The second kappa shape index (κ2) is 7.05. The van der Waals surface area contributed by atoms with Crippen molar-refractivity contribution in [2.45, 2.75) is 25.5 Å². The maximum absolute atomic E-state index is 13.5. The molecule has 1 aliphatic rings. The molecule has 2 aromatic carbocycles. The Hall–Kier alpha value is -2.25. The summed E-state index contributed by atoms with van der Waals surface area (Å²) in [6.45, 7) is 0.235. The van der Waals surface area contributed by atoms with Crippen LogP contribution in [0.5, 0.6) is 0 Å². The van der Waals surface area contributed by atoms with E-state index in [1.165, 1.54) is 12.1 Å². The number of aliphatic hydroxyl groups excluding tert-OH is 1. The Morgan fingerprint density at radius 2 is 2.04 bits per heavy atom. The fourth-order valence-corrected chi connectivity index (χ4v) is 5.63. The molecule has 3 aromatic rings. The van der Waals surface area contributed by atoms with E-state index in [1.54, 1.807) is 12.1 Å². The van der Waals surface area contributed by atoms with Crippen LogP contribution in [0.1, 0.15) is 23.9 Å². The van der Waals surface area contributed by atoms with Crippen molar-refractivity contribution in [2.24, 2.45) is 5.92 Å². The number of hydrogen-bond acceptors (Lipinski definition) is 4. The predicted octanol–water partition coefficient (Wildman–Crippen LogP) is 2.89. The number of aromatic nitrogens is 2. The van der Waals surface area contributed by atoms with Gasteiger partial charge in [0.15, 0.2) is 9.84 Å². The molecule has 0 radical (unpaired) electrons. The predicted molar refractivity (Wildman–Crippen MR) is 102 cm³/mol. The van der Waals surface area contributed by atoms with Crippen LogP contribution in [0.2, 0.25) is 0 Å². The van der Waals surface area contributed by atoms with Gasteiger partial charge in [-0.2, -0.15) is 0 Å². The van der Waals surface area contributed by atoms with Gasteiger partial charge in [-0.15, -0.1) is 0 Å². The fourth-order valence-electron chi connectivity index (χ4n) is 3.77. The van der Waals surface area contributed by atoms with Crippen molar-refractivity contribution in [3.05, 3.63) is 65.7 Å². The van der Waals surface area contributed by atoms with Crippen LogP contribution >= 0.6 is 0 Å². The number of aliphatic hydroxyl groups is 1. The first-order valence-corrected chi connectivity index (χ1v) is 10.8. The summed E-state index contributed by atoms with van der Waals surface area (Å²) in [6, 6.07) is 13.6. The van der Waals surface area contributed by atoms with E-state index in [4.69, 9.17) is 0 Å². The highest BCUT2D eigenvalue weighted by Gasteiger charge is 2.29. The van der Waals surface area contributed by atoms with Gasteiger partial charge in [0.1, 0.15) is 11.6 Å². The SMILES string of the molecule is O=S1(=O)CC[C@@H](Cc2nc3ccccc3n2C[C@@H](O)c2cccc(F)c2)C1. The van der Waals surface area contributed by atoms with E-state index in [1.807, 2.05) is 28.8 Å². The third-order valence-electron chi connectivity index (χ3n) is 5.12. The Labute approximate surface area is 157 Å². The summed E-state index contributed by atoms with van der Waals surface area (Å²) in [5, 5.41) is 10.6. The summed E-state index contributed by atoms with van der Waals surface area (Å²) in [5.74, 6) is 0.816. The number of benzene rings is 2. The minimum absolute atomic E-state index is 0.0388. The third kappa shape index (κ3) is 3.89. The van der Waals surface area contributed by atoms with E-state index in [2.05, 4.69) is 4.98 Å². The van der Waals surface area contributed by atoms with E-state index in [9.17, 15) is 17.9 Å². The van der Waals surface area contributed by atoms with E-state index in [0.29, 0.717) is 18.4 Å². The highest BCUT2D eigenvalue weighted by Crippen LogP contribution is 2.27. The number of halogens is 1. The highest BCUT2D eigenvalue weighted by molar-refractivity contribution is 7.91. The molecule has 0 saturated carbocycles. The van der Waals surface area contributed by atoms with Crippen LogP contribution < -0.4 is 0 Å². The normalized spacial score (nSPS) is 20.1. The van der Waals surface area contributed by atoms with E-state index in [-0.39, 0.29) is 24.0 Å². The molecular formula is C20H21FN2O3S. The number of hydrogen-bond donors (Lipinski definition) is 1. The van der Waals surface area contributed by atoms with Gasteiger partial charge in [-0.1, -0.05) is 24.3 Å². The van der Waals surface area contributed by atoms with E-state index >= 15 is 0 Å². The van der Waals surface area contributed by atoms with Crippen LogP contribution in [0.25, 0.3) is 11.0 Å². The van der Waals surface area contributed by atoms with Gasteiger partial charge in [-0.3, -0.25) is 0 Å². The number of imidazole rings is 1. The summed E-state index contributed by atoms with van der Waals surface area (Å²) < 4.78 is 39.0. The number of rotatable bonds is 5. The van der Waals surface area contributed by atoms with Gasteiger partial charge in [-0.05, 0) is 42.2 Å². The molecule has 1 aliphatic heterocycles. The first kappa shape index (κ1) is 18.1. The number of nitrogens with zero attached hydrogens (tertiary/aromatic N) is 2. The molecule has 142 valence electrons. The molecule has 1 saturated heterocycles. The second-order valence-electron chi connectivity index (χ2n) is 7.17. The largest absolute Gasteiger partial charge is 0.387 e. The summed E-state index contributed by atoms with van der Waals surface area (Å²) in [5.41, 5.74) is 2.19. The maximum atomic E-state index is 13.5. The molecule has 0 amide bonds. The zero-order valence-electron chi connectivity index (χ0n) is 14.8. The first-order valence-electron chi connectivity index (χ1n) is 8.99. The van der Waals surface area contributed by atoms with Crippen molar-refractivity contribution in [1.29, 1.82) is 0 Å². The Bertz CT molecular complexity index is 1080. The van der Waals surface area contributed by atoms with Gasteiger partial charge in [0, 0.05) is 6.42 Å². The number of sulfone groups is 1. The lowest BCUT2D eigenvalue weighted by Gasteiger charge is -2.16. The van der Waals surface area contributed by atoms with Gasteiger partial charge in [0.25, 0.3) is 0 Å². The third-order valence-corrected chi connectivity index (χ3v) is 6.96. The maximum Gasteiger partial charge on any atom is 0.150 e. The molecular weight excluding hydrogens is 367 g/mol. The molecule has 5 nitrogen and oxygen atoms in total. The van der Waals surface area contributed by atoms with Gasteiger partial charge >= 0.3 is 0 Å². The summed E-state index contributed by atoms with van der Waals surface area (Å²) in [4.78, 5) is 4.67. The lowest BCUT2D eigenvalue weighted by atomic mass is 10.0.